The molecule has 0 atom stereocenters. The molecule has 2 heterocycles. The second kappa shape index (κ2) is 7.82. The van der Waals surface area contributed by atoms with Crippen molar-refractivity contribution in [3.63, 3.8) is 0 Å². The van der Waals surface area contributed by atoms with Crippen molar-refractivity contribution in [2.24, 2.45) is 5.14 Å². The van der Waals surface area contributed by atoms with Crippen molar-refractivity contribution in [1.82, 2.24) is 27.2 Å². The van der Waals surface area contributed by atoms with Crippen molar-refractivity contribution < 1.29 is 16.8 Å². The molecule has 0 saturated carbocycles. The van der Waals surface area contributed by atoms with Crippen LogP contribution in [0.4, 0.5) is 5.69 Å². The fourth-order valence-corrected chi connectivity index (χ4v) is 6.81. The van der Waals surface area contributed by atoms with E-state index >= 15 is 0 Å². The van der Waals surface area contributed by atoms with Crippen molar-refractivity contribution in [3.8, 4) is 17.2 Å². The lowest BCUT2D eigenvalue weighted by molar-refractivity contribution is 0.491. The molecule has 0 unspecified atom stereocenters. The number of nitrogen functional groups attached to an aromatic ring is 1. The summed E-state index contributed by atoms with van der Waals surface area (Å²) in [6, 6.07) is 9.41. The van der Waals surface area contributed by atoms with Crippen molar-refractivity contribution in [1.29, 1.82) is 5.26 Å². The molecule has 0 amide bonds. The van der Waals surface area contributed by atoms with E-state index < -0.39 is 36.2 Å². The maximum atomic E-state index is 13.2. The van der Waals surface area contributed by atoms with Crippen LogP contribution in [-0.4, -0.2) is 35.2 Å². The molecule has 2 aliphatic heterocycles. The Morgan fingerprint density at radius 3 is 2.23 bits per heavy atom. The summed E-state index contributed by atoms with van der Waals surface area (Å²) in [6.07, 6.45) is -0.886. The van der Waals surface area contributed by atoms with Crippen LogP contribution in [0.15, 0.2) is 40.1 Å². The first-order chi connectivity index (χ1) is 14.7. The lowest BCUT2D eigenvalue weighted by Crippen LogP contribution is -2.51. The molecule has 2 saturated heterocycles. The summed E-state index contributed by atoms with van der Waals surface area (Å²) in [4.78, 5) is -0.917. The van der Waals surface area contributed by atoms with Crippen molar-refractivity contribution in [3.05, 3.63) is 41.5 Å². The molecular weight excluding hydrogens is 444 g/mol. The van der Waals surface area contributed by atoms with Crippen molar-refractivity contribution in [2.45, 2.75) is 21.2 Å². The van der Waals surface area contributed by atoms with Gasteiger partial charge in [-0.05, 0) is 17.7 Å². The predicted octanol–water partition coefficient (Wildman–Crippen LogP) is -1.68. The molecule has 0 aliphatic carbocycles. The molecule has 0 aromatic heterocycles. The van der Waals surface area contributed by atoms with Gasteiger partial charge in [-0.2, -0.15) is 16.3 Å². The van der Waals surface area contributed by atoms with Gasteiger partial charge in [0.2, 0.25) is 10.0 Å². The van der Waals surface area contributed by atoms with Crippen molar-refractivity contribution >= 4 is 25.5 Å². The first-order valence-corrected chi connectivity index (χ1v) is 12.2. The number of hydrazine groups is 3. The topological polar surface area (TPSA) is 204 Å². The highest BCUT2D eigenvalue weighted by Gasteiger charge is 2.39. The number of sulfonamides is 1. The quantitative estimate of drug-likeness (QED) is 0.249. The Morgan fingerprint density at radius 2 is 1.68 bits per heavy atom. The Morgan fingerprint density at radius 1 is 1.00 bits per heavy atom. The molecule has 12 nitrogen and oxygen atoms in total. The van der Waals surface area contributed by atoms with Crippen LogP contribution >= 0.6 is 0 Å². The van der Waals surface area contributed by atoms with Crippen LogP contribution in [0, 0.1) is 11.3 Å². The number of nitrogens with zero attached hydrogens (tertiary/aromatic N) is 1. The third-order valence-electron chi connectivity index (χ3n) is 5.23. The average molecular weight is 465 g/mol. The molecule has 4 rings (SSSR count). The third-order valence-corrected chi connectivity index (χ3v) is 8.54. The summed E-state index contributed by atoms with van der Waals surface area (Å²) in [5.41, 5.74) is 17.9. The van der Waals surface area contributed by atoms with Gasteiger partial charge < -0.3 is 11.1 Å². The van der Waals surface area contributed by atoms with Gasteiger partial charge in [0.1, 0.15) is 17.1 Å². The zero-order valence-corrected chi connectivity index (χ0v) is 17.6. The molecule has 2 aliphatic rings. The average Bonchev–Trinajstić information content (AvgIpc) is 3.19. The van der Waals surface area contributed by atoms with Gasteiger partial charge in [-0.1, -0.05) is 18.2 Å². The Labute approximate surface area is 178 Å². The minimum atomic E-state index is -4.50. The third kappa shape index (κ3) is 3.67. The monoisotopic (exact) mass is 464 g/mol. The van der Waals surface area contributed by atoms with Crippen LogP contribution in [0.1, 0.15) is 17.3 Å². The van der Waals surface area contributed by atoms with Crippen LogP contribution in [0.3, 0.4) is 0 Å². The number of para-hydroxylation sites is 1. The molecular formula is C17H20N8O4S2. The Bertz CT molecular complexity index is 1290. The van der Waals surface area contributed by atoms with Crippen LogP contribution in [-0.2, 0) is 19.9 Å². The highest BCUT2D eigenvalue weighted by Crippen LogP contribution is 2.40. The van der Waals surface area contributed by atoms with E-state index in [-0.39, 0.29) is 34.8 Å². The van der Waals surface area contributed by atoms with E-state index in [0.29, 0.717) is 11.1 Å². The van der Waals surface area contributed by atoms with E-state index in [9.17, 15) is 22.1 Å². The SMILES string of the molecule is N#Cc1cccc(-c2ccc(S(=O)(=O)C3CNC3)c(S(N)(=O)=O)c2C2NNNN2)c1N. The van der Waals surface area contributed by atoms with E-state index in [2.05, 4.69) is 27.2 Å². The summed E-state index contributed by atoms with van der Waals surface area (Å²) in [6.45, 7) is 0.424. The van der Waals surface area contributed by atoms with Crippen LogP contribution < -0.4 is 38.1 Å². The van der Waals surface area contributed by atoms with Gasteiger partial charge in [0, 0.05) is 24.2 Å². The summed E-state index contributed by atoms with van der Waals surface area (Å²) in [7, 11) is -8.49. The van der Waals surface area contributed by atoms with Gasteiger partial charge in [0.15, 0.2) is 9.84 Å². The predicted molar refractivity (Wildman–Crippen MR) is 112 cm³/mol. The number of sulfone groups is 1. The number of anilines is 1. The van der Waals surface area contributed by atoms with E-state index in [1.54, 1.807) is 12.1 Å². The van der Waals surface area contributed by atoms with Gasteiger partial charge in [-0.3, -0.25) is 0 Å². The zero-order chi connectivity index (χ0) is 22.4. The van der Waals surface area contributed by atoms with Gasteiger partial charge in [0.05, 0.1) is 21.4 Å². The normalized spacial score (nSPS) is 17.9. The summed E-state index contributed by atoms with van der Waals surface area (Å²) < 4.78 is 51.8. The molecule has 9 N–H and O–H groups in total. The number of hydrogen-bond acceptors (Lipinski definition) is 11. The highest BCUT2D eigenvalue weighted by atomic mass is 32.2. The largest absolute Gasteiger partial charge is 0.397 e. The molecule has 0 bridgehead atoms. The van der Waals surface area contributed by atoms with Crippen LogP contribution in [0.2, 0.25) is 0 Å². The fraction of sp³-hybridized carbons (Fsp3) is 0.235. The molecule has 14 heteroatoms. The van der Waals surface area contributed by atoms with Gasteiger partial charge in [-0.15, -0.1) is 0 Å². The van der Waals surface area contributed by atoms with E-state index in [1.165, 1.54) is 18.2 Å². The summed E-state index contributed by atoms with van der Waals surface area (Å²) in [5, 5.41) is 17.0. The molecule has 31 heavy (non-hydrogen) atoms. The second-order valence-corrected chi connectivity index (χ2v) is 10.8. The van der Waals surface area contributed by atoms with Gasteiger partial charge in [0.25, 0.3) is 0 Å². The second-order valence-electron chi connectivity index (χ2n) is 7.07. The molecule has 2 fully saturated rings. The number of rotatable bonds is 5. The standard InChI is InChI=1S/C17H20N8O4S2/c18-6-9-2-1-3-12(15(9)19)11-4-5-13(30(26,27)10-7-21-8-10)16(31(20,28)29)14(11)17-22-24-25-23-17/h1-5,10,17,21-25H,7-8,19H2,(H2,20,28,29). The first kappa shape index (κ1) is 21.6. The number of primary sulfonamides is 1. The summed E-state index contributed by atoms with van der Waals surface area (Å²) in [5.74, 6) is 0. The maximum absolute atomic E-state index is 13.2. The molecule has 164 valence electrons. The minimum absolute atomic E-state index is 0.0511. The highest BCUT2D eigenvalue weighted by molar-refractivity contribution is 7.94. The zero-order valence-electron chi connectivity index (χ0n) is 16.0. The molecule has 0 spiro atoms. The molecule has 2 aromatic rings. The number of benzene rings is 2. The smallest absolute Gasteiger partial charge is 0.239 e. The number of nitriles is 1. The van der Waals surface area contributed by atoms with E-state index in [1.807, 2.05) is 6.07 Å². The molecule has 2 aromatic carbocycles. The van der Waals surface area contributed by atoms with Crippen LogP contribution in [0.5, 0.6) is 0 Å². The van der Waals surface area contributed by atoms with E-state index in [0.717, 1.165) is 0 Å². The molecule has 0 radical (unpaired) electrons. The van der Waals surface area contributed by atoms with Crippen molar-refractivity contribution in [2.75, 3.05) is 18.8 Å². The maximum Gasteiger partial charge on any atom is 0.239 e. The summed E-state index contributed by atoms with van der Waals surface area (Å²) >= 11 is 0. The lowest BCUT2D eigenvalue weighted by Gasteiger charge is -2.29. The minimum Gasteiger partial charge on any atom is -0.397 e. The van der Waals surface area contributed by atoms with Crippen LogP contribution in [0.25, 0.3) is 11.1 Å². The van der Waals surface area contributed by atoms with Gasteiger partial charge in [-0.25, -0.2) is 32.8 Å². The Hall–Kier alpha value is -2.61. The first-order valence-electron chi connectivity index (χ1n) is 9.10. The number of nitrogens with one attached hydrogen (secondary N) is 5. The Balaban J connectivity index is 2.08. The lowest BCUT2D eigenvalue weighted by atomic mass is 9.95. The van der Waals surface area contributed by atoms with E-state index in [4.69, 9.17) is 10.9 Å². The number of nitrogens with two attached hydrogens (primary N) is 2. The Kier molecular flexibility index (Phi) is 5.45. The fourth-order valence-electron chi connectivity index (χ4n) is 3.57. The van der Waals surface area contributed by atoms with Gasteiger partial charge >= 0.3 is 0 Å². The number of hydrogen-bond donors (Lipinski definition) is 7.